The molecular formula is C25H26FN7O2. The van der Waals surface area contributed by atoms with Crippen LogP contribution in [0.15, 0.2) is 18.5 Å². The fourth-order valence-corrected chi connectivity index (χ4v) is 4.81. The molecule has 180 valence electrons. The summed E-state index contributed by atoms with van der Waals surface area (Å²) in [5.41, 5.74) is 7.53. The van der Waals surface area contributed by atoms with E-state index >= 15 is 0 Å². The molecule has 2 aliphatic rings. The first-order chi connectivity index (χ1) is 16.9. The van der Waals surface area contributed by atoms with Gasteiger partial charge in [0.1, 0.15) is 17.2 Å². The van der Waals surface area contributed by atoms with Gasteiger partial charge >= 0.3 is 0 Å². The fourth-order valence-electron chi connectivity index (χ4n) is 4.81. The molecule has 2 fully saturated rings. The first-order valence-corrected chi connectivity index (χ1v) is 11.5. The lowest BCUT2D eigenvalue weighted by Crippen LogP contribution is -2.32. The Hall–Kier alpha value is -3.86. The number of imidazole rings is 1. The number of aromatic nitrogens is 4. The largest absolute Gasteiger partial charge is 0.395 e. The van der Waals surface area contributed by atoms with Gasteiger partial charge in [0.05, 0.1) is 42.1 Å². The summed E-state index contributed by atoms with van der Waals surface area (Å²) in [5.74, 6) is 7.53. The number of nitrogens with one attached hydrogen (secondary N) is 1. The average Bonchev–Trinajstić information content (AvgIpc) is 3.31. The van der Waals surface area contributed by atoms with Crippen LogP contribution in [0.3, 0.4) is 0 Å². The van der Waals surface area contributed by atoms with Crippen molar-refractivity contribution in [2.75, 3.05) is 32.1 Å². The Morgan fingerprint density at radius 3 is 2.80 bits per heavy atom. The van der Waals surface area contributed by atoms with Gasteiger partial charge in [-0.25, -0.2) is 14.1 Å². The first kappa shape index (κ1) is 22.9. The van der Waals surface area contributed by atoms with E-state index in [9.17, 15) is 14.3 Å². The summed E-state index contributed by atoms with van der Waals surface area (Å²) in [6, 6.07) is 3.17. The number of halogens is 1. The second-order valence-corrected chi connectivity index (χ2v) is 8.94. The topological polar surface area (TPSA) is 114 Å². The highest BCUT2D eigenvalue weighted by Gasteiger charge is 2.35. The molecule has 1 saturated heterocycles. The summed E-state index contributed by atoms with van der Waals surface area (Å²) in [6.45, 7) is 0.902. The molecule has 4 N–H and O–H groups in total. The Morgan fingerprint density at radius 1 is 1.34 bits per heavy atom. The predicted molar refractivity (Wildman–Crippen MR) is 129 cm³/mol. The highest BCUT2D eigenvalue weighted by molar-refractivity contribution is 6.00. The number of carbonyl (C=O) groups excluding carboxylic acids is 1. The maximum Gasteiger partial charge on any atom is 0.255 e. The molecule has 2 atom stereocenters. The third kappa shape index (κ3) is 4.12. The molecule has 2 aromatic heterocycles. The van der Waals surface area contributed by atoms with E-state index in [0.29, 0.717) is 36.9 Å². The summed E-state index contributed by atoms with van der Waals surface area (Å²) >= 11 is 0. The van der Waals surface area contributed by atoms with Gasteiger partial charge in [0.2, 0.25) is 0 Å². The number of amides is 1. The summed E-state index contributed by atoms with van der Waals surface area (Å²) in [6.07, 6.45) is 9.94. The van der Waals surface area contributed by atoms with Gasteiger partial charge in [-0.1, -0.05) is 11.8 Å². The van der Waals surface area contributed by atoms with Crippen LogP contribution < -0.4 is 11.1 Å². The number of carbonyl (C=O) groups is 1. The van der Waals surface area contributed by atoms with Crippen molar-refractivity contribution < 1.29 is 14.3 Å². The van der Waals surface area contributed by atoms with Crippen LogP contribution >= 0.6 is 0 Å². The predicted octanol–water partition coefficient (Wildman–Crippen LogP) is 1.49. The van der Waals surface area contributed by atoms with E-state index in [1.807, 2.05) is 9.47 Å². The number of fused-ring (bicyclic) bond motifs is 1. The smallest absolute Gasteiger partial charge is 0.255 e. The van der Waals surface area contributed by atoms with Gasteiger partial charge in [-0.05, 0) is 31.2 Å². The number of aliphatic hydroxyl groups is 1. The van der Waals surface area contributed by atoms with Crippen LogP contribution in [0.4, 0.5) is 10.2 Å². The molecule has 1 saturated carbocycles. The minimum absolute atomic E-state index is 0.0397. The number of likely N-dealkylation sites (tertiary alicyclic amines) is 1. The van der Waals surface area contributed by atoms with Crippen LogP contribution in [0.1, 0.15) is 53.0 Å². The molecule has 9 nitrogen and oxygen atoms in total. The van der Waals surface area contributed by atoms with E-state index in [4.69, 9.17) is 12.2 Å². The summed E-state index contributed by atoms with van der Waals surface area (Å²) in [5, 5.41) is 17.3. The highest BCUT2D eigenvalue weighted by Crippen LogP contribution is 2.37. The first-order valence-electron chi connectivity index (χ1n) is 11.5. The molecule has 0 radical (unpaired) electrons. The Balaban J connectivity index is 1.52. The molecule has 5 rings (SSSR count). The molecule has 0 bridgehead atoms. The Bertz CT molecular complexity index is 1400. The zero-order valence-corrected chi connectivity index (χ0v) is 19.3. The number of anilines is 1. The van der Waals surface area contributed by atoms with Gasteiger partial charge in [0, 0.05) is 31.7 Å². The number of terminal acetylenes is 1. The monoisotopic (exact) mass is 475 g/mol. The van der Waals surface area contributed by atoms with E-state index in [-0.39, 0.29) is 35.5 Å². The molecule has 3 aromatic rings. The van der Waals surface area contributed by atoms with Crippen molar-refractivity contribution >= 4 is 22.8 Å². The van der Waals surface area contributed by atoms with Crippen molar-refractivity contribution in [3.63, 3.8) is 0 Å². The zero-order valence-electron chi connectivity index (χ0n) is 19.3. The van der Waals surface area contributed by atoms with Gasteiger partial charge in [-0.2, -0.15) is 5.10 Å². The van der Waals surface area contributed by atoms with Gasteiger partial charge in [0.15, 0.2) is 5.69 Å². The molecular weight excluding hydrogens is 449 g/mol. The lowest BCUT2D eigenvalue weighted by molar-refractivity contribution is 0.100. The van der Waals surface area contributed by atoms with Crippen molar-refractivity contribution in [1.82, 2.24) is 24.2 Å². The zero-order chi connectivity index (χ0) is 24.7. The van der Waals surface area contributed by atoms with Crippen LogP contribution in [0, 0.1) is 30.0 Å². The normalized spacial score (nSPS) is 19.9. The van der Waals surface area contributed by atoms with Gasteiger partial charge in [-0.15, -0.1) is 6.42 Å². The van der Waals surface area contributed by atoms with Gasteiger partial charge in [-0.3, -0.25) is 9.69 Å². The van der Waals surface area contributed by atoms with Crippen molar-refractivity contribution in [2.45, 2.75) is 37.4 Å². The molecule has 3 heterocycles. The van der Waals surface area contributed by atoms with Crippen molar-refractivity contribution in [3.8, 4) is 24.2 Å². The number of rotatable bonds is 6. The van der Waals surface area contributed by atoms with E-state index in [1.165, 1.54) is 6.07 Å². The summed E-state index contributed by atoms with van der Waals surface area (Å²) in [4.78, 5) is 18.7. The lowest BCUT2D eigenvalue weighted by Gasteiger charge is -2.19. The second-order valence-electron chi connectivity index (χ2n) is 8.94. The van der Waals surface area contributed by atoms with E-state index < -0.39 is 11.7 Å². The quantitative estimate of drug-likeness (QED) is 0.466. The van der Waals surface area contributed by atoms with E-state index in [1.54, 1.807) is 24.1 Å². The highest BCUT2D eigenvalue weighted by atomic mass is 19.1. The van der Waals surface area contributed by atoms with Crippen LogP contribution in [0.2, 0.25) is 0 Å². The SMILES string of the molecule is C#CCN1C[C@@H](n2nc(C#Cc3cc4ncn(C5CC5)c4cc3F)c(C(N)=O)c2NC)C[C@@H]1CO. The average molecular weight is 476 g/mol. The van der Waals surface area contributed by atoms with Crippen molar-refractivity contribution in [1.29, 1.82) is 0 Å². The summed E-state index contributed by atoms with van der Waals surface area (Å²) in [7, 11) is 1.67. The minimum atomic E-state index is -0.693. The summed E-state index contributed by atoms with van der Waals surface area (Å²) < 4.78 is 18.6. The van der Waals surface area contributed by atoms with Crippen LogP contribution in [-0.4, -0.2) is 68.0 Å². The molecule has 1 aromatic carbocycles. The minimum Gasteiger partial charge on any atom is -0.395 e. The molecule has 1 amide bonds. The fraction of sp³-hybridized carbons (Fsp3) is 0.400. The number of nitrogens with two attached hydrogens (primary N) is 1. The van der Waals surface area contributed by atoms with Gasteiger partial charge < -0.3 is 20.7 Å². The van der Waals surface area contributed by atoms with Crippen LogP contribution in [0.25, 0.3) is 11.0 Å². The molecule has 1 aliphatic heterocycles. The van der Waals surface area contributed by atoms with Crippen LogP contribution in [-0.2, 0) is 0 Å². The Kier molecular flexibility index (Phi) is 5.93. The number of benzene rings is 1. The van der Waals surface area contributed by atoms with Crippen molar-refractivity contribution in [2.24, 2.45) is 5.73 Å². The standard InChI is InChI=1S/C25H26FN7O2/c1-3-8-31-12-17(10-18(31)13-34)33-25(28-2)23(24(27)35)20(30-33)7-4-15-9-21-22(11-19(15)26)32(14-29-21)16-5-6-16/h1,9,11,14,16-18,28,34H,5-6,8,10,12-13H2,2H3,(H2,27,35)/t17-,18+/m0/s1. The maximum atomic E-state index is 14.9. The third-order valence-electron chi connectivity index (χ3n) is 6.67. The van der Waals surface area contributed by atoms with Crippen LogP contribution in [0.5, 0.6) is 0 Å². The second kappa shape index (κ2) is 9.06. The van der Waals surface area contributed by atoms with E-state index in [0.717, 1.165) is 18.4 Å². The maximum absolute atomic E-state index is 14.9. The lowest BCUT2D eigenvalue weighted by atomic mass is 10.1. The molecule has 10 heteroatoms. The van der Waals surface area contributed by atoms with E-state index in [2.05, 4.69) is 33.2 Å². The molecule has 35 heavy (non-hydrogen) atoms. The molecule has 0 spiro atoms. The Labute approximate surface area is 202 Å². The Morgan fingerprint density at radius 2 is 2.14 bits per heavy atom. The third-order valence-corrected chi connectivity index (χ3v) is 6.67. The van der Waals surface area contributed by atoms with Crippen molar-refractivity contribution in [3.05, 3.63) is 41.1 Å². The number of hydrogen-bond donors (Lipinski definition) is 3. The van der Waals surface area contributed by atoms with Gasteiger partial charge in [0.25, 0.3) is 5.91 Å². The molecule has 0 unspecified atom stereocenters. The number of hydrogen-bond acceptors (Lipinski definition) is 6. The molecule has 1 aliphatic carbocycles. The number of aliphatic hydroxyl groups excluding tert-OH is 1. The number of nitrogens with zero attached hydrogens (tertiary/aromatic N) is 5. The number of primary amides is 1.